The van der Waals surface area contributed by atoms with Crippen LogP contribution in [0.15, 0.2) is 24.4 Å². The van der Waals surface area contributed by atoms with Crippen molar-refractivity contribution in [3.63, 3.8) is 0 Å². The van der Waals surface area contributed by atoms with E-state index in [0.717, 1.165) is 5.69 Å². The summed E-state index contributed by atoms with van der Waals surface area (Å²) in [6.45, 7) is 6.20. The average Bonchev–Trinajstić information content (AvgIpc) is 2.70. The Hall–Kier alpha value is -2.08. The molecule has 0 aliphatic carbocycles. The quantitative estimate of drug-likeness (QED) is 0.835. The highest BCUT2D eigenvalue weighted by Crippen LogP contribution is 2.23. The van der Waals surface area contributed by atoms with Gasteiger partial charge in [-0.25, -0.2) is 9.78 Å². The average molecular weight is 308 g/mol. The van der Waals surface area contributed by atoms with Gasteiger partial charge in [-0.15, -0.1) is 0 Å². The summed E-state index contributed by atoms with van der Waals surface area (Å²) in [5.41, 5.74) is 1.41. The maximum atomic E-state index is 12.0. The number of halogens is 1. The van der Waals surface area contributed by atoms with Crippen molar-refractivity contribution in [1.29, 1.82) is 0 Å². The van der Waals surface area contributed by atoms with Crippen molar-refractivity contribution in [2.75, 3.05) is 10.6 Å². The monoisotopic (exact) mass is 307 g/mol. The Labute approximate surface area is 128 Å². The van der Waals surface area contributed by atoms with Crippen LogP contribution >= 0.6 is 11.6 Å². The van der Waals surface area contributed by atoms with Gasteiger partial charge >= 0.3 is 6.03 Å². The van der Waals surface area contributed by atoms with Crippen LogP contribution in [0, 0.1) is 0 Å². The highest BCUT2D eigenvalue weighted by atomic mass is 35.5. The second-order valence-electron chi connectivity index (χ2n) is 5.73. The number of aryl methyl sites for hydroxylation is 1. The lowest BCUT2D eigenvalue weighted by Crippen LogP contribution is -2.21. The third-order valence-corrected chi connectivity index (χ3v) is 3.08. The summed E-state index contributed by atoms with van der Waals surface area (Å²) in [6, 6.07) is 4.74. The molecule has 0 radical (unpaired) electrons. The maximum absolute atomic E-state index is 12.0. The SMILES string of the molecule is Cn1nc(C(C)(C)C)cc1NC(=O)Nc1ccnc(Cl)c1. The Morgan fingerprint density at radius 2 is 2.00 bits per heavy atom. The number of amides is 2. The molecule has 0 atom stereocenters. The summed E-state index contributed by atoms with van der Waals surface area (Å²) in [5, 5.41) is 10.2. The molecule has 0 aliphatic rings. The van der Waals surface area contributed by atoms with Gasteiger partial charge in [0.1, 0.15) is 11.0 Å². The highest BCUT2D eigenvalue weighted by Gasteiger charge is 2.19. The van der Waals surface area contributed by atoms with E-state index < -0.39 is 0 Å². The van der Waals surface area contributed by atoms with E-state index in [4.69, 9.17) is 11.6 Å². The van der Waals surface area contributed by atoms with Crippen LogP contribution in [0.25, 0.3) is 0 Å². The van der Waals surface area contributed by atoms with Gasteiger partial charge in [-0.3, -0.25) is 10.00 Å². The number of pyridine rings is 1. The molecule has 2 rings (SSSR count). The summed E-state index contributed by atoms with van der Waals surface area (Å²) in [7, 11) is 1.79. The van der Waals surface area contributed by atoms with Gasteiger partial charge in [0.25, 0.3) is 0 Å². The highest BCUT2D eigenvalue weighted by molar-refractivity contribution is 6.29. The van der Waals surface area contributed by atoms with E-state index in [1.165, 1.54) is 6.20 Å². The van der Waals surface area contributed by atoms with E-state index >= 15 is 0 Å². The summed E-state index contributed by atoms with van der Waals surface area (Å²) in [5.74, 6) is 0.623. The number of carbonyl (C=O) groups is 1. The minimum absolute atomic E-state index is 0.0766. The second kappa shape index (κ2) is 5.73. The molecule has 0 aromatic carbocycles. The second-order valence-corrected chi connectivity index (χ2v) is 6.12. The van der Waals surface area contributed by atoms with Crippen LogP contribution in [0.4, 0.5) is 16.3 Å². The topological polar surface area (TPSA) is 71.8 Å². The van der Waals surface area contributed by atoms with E-state index in [1.807, 2.05) is 6.07 Å². The molecule has 0 fully saturated rings. The zero-order valence-electron chi connectivity index (χ0n) is 12.4. The van der Waals surface area contributed by atoms with Gasteiger partial charge in [0, 0.05) is 30.4 Å². The fraction of sp³-hybridized carbons (Fsp3) is 0.357. The molecule has 2 N–H and O–H groups in total. The van der Waals surface area contributed by atoms with Crippen LogP contribution in [-0.4, -0.2) is 20.8 Å². The van der Waals surface area contributed by atoms with Crippen molar-refractivity contribution in [3.05, 3.63) is 35.2 Å². The van der Waals surface area contributed by atoms with Crippen LogP contribution in [0.2, 0.25) is 5.15 Å². The van der Waals surface area contributed by atoms with Crippen molar-refractivity contribution in [2.24, 2.45) is 7.05 Å². The Morgan fingerprint density at radius 3 is 2.57 bits per heavy atom. The van der Waals surface area contributed by atoms with Crippen molar-refractivity contribution in [1.82, 2.24) is 14.8 Å². The van der Waals surface area contributed by atoms with Crippen LogP contribution < -0.4 is 10.6 Å². The van der Waals surface area contributed by atoms with Crippen molar-refractivity contribution < 1.29 is 4.79 Å². The van der Waals surface area contributed by atoms with Crippen molar-refractivity contribution >= 4 is 29.1 Å². The van der Waals surface area contributed by atoms with Crippen LogP contribution in [0.1, 0.15) is 26.5 Å². The van der Waals surface area contributed by atoms with Crippen LogP contribution in [-0.2, 0) is 12.5 Å². The van der Waals surface area contributed by atoms with E-state index in [1.54, 1.807) is 23.9 Å². The lowest BCUT2D eigenvalue weighted by molar-refractivity contribution is 0.262. The summed E-state index contributed by atoms with van der Waals surface area (Å²) in [6.07, 6.45) is 1.53. The van der Waals surface area contributed by atoms with E-state index in [2.05, 4.69) is 41.5 Å². The molecule has 2 aromatic rings. The normalized spacial score (nSPS) is 11.3. The minimum atomic E-state index is -0.360. The zero-order valence-corrected chi connectivity index (χ0v) is 13.2. The Kier molecular flexibility index (Phi) is 4.18. The Balaban J connectivity index is 2.08. The zero-order chi connectivity index (χ0) is 15.6. The molecule has 2 aromatic heterocycles. The molecular weight excluding hydrogens is 290 g/mol. The summed E-state index contributed by atoms with van der Waals surface area (Å²) < 4.78 is 1.64. The Morgan fingerprint density at radius 1 is 1.29 bits per heavy atom. The largest absolute Gasteiger partial charge is 0.324 e. The van der Waals surface area contributed by atoms with Crippen LogP contribution in [0.5, 0.6) is 0 Å². The van der Waals surface area contributed by atoms with Gasteiger partial charge in [-0.1, -0.05) is 32.4 Å². The molecule has 0 saturated heterocycles. The fourth-order valence-corrected chi connectivity index (χ4v) is 1.88. The van der Waals surface area contributed by atoms with E-state index in [-0.39, 0.29) is 11.4 Å². The number of rotatable bonds is 2. The first-order valence-electron chi connectivity index (χ1n) is 6.50. The predicted molar refractivity (Wildman–Crippen MR) is 83.8 cm³/mol. The predicted octanol–water partition coefficient (Wildman–Crippen LogP) is 3.41. The lowest BCUT2D eigenvalue weighted by atomic mass is 9.92. The first kappa shape index (κ1) is 15.3. The summed E-state index contributed by atoms with van der Waals surface area (Å²) >= 11 is 5.77. The summed E-state index contributed by atoms with van der Waals surface area (Å²) in [4.78, 5) is 15.8. The third kappa shape index (κ3) is 3.95. The molecule has 0 aliphatic heterocycles. The van der Waals surface area contributed by atoms with E-state index in [0.29, 0.717) is 16.7 Å². The van der Waals surface area contributed by atoms with E-state index in [9.17, 15) is 4.79 Å². The molecule has 0 spiro atoms. The first-order chi connectivity index (χ1) is 9.75. The lowest BCUT2D eigenvalue weighted by Gasteiger charge is -2.13. The van der Waals surface area contributed by atoms with Crippen molar-refractivity contribution in [2.45, 2.75) is 26.2 Å². The van der Waals surface area contributed by atoms with Gasteiger partial charge in [0.05, 0.1) is 5.69 Å². The van der Waals surface area contributed by atoms with Crippen LogP contribution in [0.3, 0.4) is 0 Å². The van der Waals surface area contributed by atoms with Gasteiger partial charge < -0.3 is 5.32 Å². The molecule has 6 nitrogen and oxygen atoms in total. The minimum Gasteiger partial charge on any atom is -0.308 e. The molecule has 7 heteroatoms. The molecule has 0 bridgehead atoms. The van der Waals surface area contributed by atoms with Gasteiger partial charge in [0.2, 0.25) is 0 Å². The van der Waals surface area contributed by atoms with Gasteiger partial charge in [0.15, 0.2) is 0 Å². The molecule has 2 amide bonds. The molecule has 112 valence electrons. The Bertz CT molecular complexity index is 660. The third-order valence-electron chi connectivity index (χ3n) is 2.87. The molecule has 2 heterocycles. The number of aromatic nitrogens is 3. The number of hydrogen-bond acceptors (Lipinski definition) is 3. The molecule has 0 unspecified atom stereocenters. The standard InChI is InChI=1S/C14H18ClN5O/c1-14(2,3)10-8-12(20(4)19-10)18-13(21)17-9-5-6-16-11(15)7-9/h5-8H,1-4H3,(H2,16,17,18,21). The number of carbonyl (C=O) groups excluding carboxylic acids is 1. The number of anilines is 2. The first-order valence-corrected chi connectivity index (χ1v) is 6.87. The van der Waals surface area contributed by atoms with Gasteiger partial charge in [-0.2, -0.15) is 5.10 Å². The number of nitrogens with one attached hydrogen (secondary N) is 2. The smallest absolute Gasteiger partial charge is 0.308 e. The molecular formula is C14H18ClN5O. The number of nitrogens with zero attached hydrogens (tertiary/aromatic N) is 3. The van der Waals surface area contributed by atoms with Crippen molar-refractivity contribution in [3.8, 4) is 0 Å². The molecule has 0 saturated carbocycles. The maximum Gasteiger partial charge on any atom is 0.324 e. The number of hydrogen-bond donors (Lipinski definition) is 2. The van der Waals surface area contributed by atoms with Gasteiger partial charge in [-0.05, 0) is 12.1 Å². The fourth-order valence-electron chi connectivity index (χ4n) is 1.71. The number of urea groups is 1. The molecule has 21 heavy (non-hydrogen) atoms.